The first-order valence-corrected chi connectivity index (χ1v) is 14.0. The summed E-state index contributed by atoms with van der Waals surface area (Å²) in [4.78, 5) is 21.8. The summed E-state index contributed by atoms with van der Waals surface area (Å²) in [5.74, 6) is -0.803. The van der Waals surface area contributed by atoms with Crippen molar-refractivity contribution in [3.8, 4) is 11.1 Å². The highest BCUT2D eigenvalue weighted by atomic mass is 16.4. The third kappa shape index (κ3) is 5.49. The second-order valence-corrected chi connectivity index (χ2v) is 12.1. The van der Waals surface area contributed by atoms with E-state index >= 15 is 0 Å². The molecule has 0 spiro atoms. The molecule has 0 atom stereocenters. The number of carboxylic acids is 1. The molecule has 2 aliphatic rings. The highest BCUT2D eigenvalue weighted by molar-refractivity contribution is 5.86. The highest BCUT2D eigenvalue weighted by Crippen LogP contribution is 2.42. The molecular weight excluding hydrogens is 470 g/mol. The third-order valence-corrected chi connectivity index (χ3v) is 8.66. The van der Waals surface area contributed by atoms with Gasteiger partial charge in [-0.3, -0.25) is 14.7 Å². The van der Waals surface area contributed by atoms with Crippen molar-refractivity contribution >= 4 is 11.7 Å². The molecule has 5 rings (SSSR count). The predicted molar refractivity (Wildman–Crippen MR) is 155 cm³/mol. The molecule has 1 saturated heterocycles. The minimum absolute atomic E-state index is 0.000142. The lowest BCUT2D eigenvalue weighted by Crippen LogP contribution is -2.38. The van der Waals surface area contributed by atoms with Gasteiger partial charge in [0.15, 0.2) is 0 Å². The van der Waals surface area contributed by atoms with Crippen molar-refractivity contribution in [2.45, 2.75) is 73.4 Å². The molecule has 3 heterocycles. The Bertz CT molecular complexity index is 1350. The van der Waals surface area contributed by atoms with E-state index in [0.717, 1.165) is 85.8 Å². The quantitative estimate of drug-likeness (QED) is 0.410. The van der Waals surface area contributed by atoms with Gasteiger partial charge in [-0.25, -0.2) is 0 Å². The Balaban J connectivity index is 1.50. The fraction of sp³-hybridized carbons (Fsp3) is 0.455. The molecule has 1 aromatic heterocycles. The van der Waals surface area contributed by atoms with Gasteiger partial charge in [0, 0.05) is 55.2 Å². The lowest BCUT2D eigenvalue weighted by molar-refractivity contribution is -0.136. The second-order valence-electron chi connectivity index (χ2n) is 12.1. The van der Waals surface area contributed by atoms with Crippen LogP contribution in [0.15, 0.2) is 42.5 Å². The van der Waals surface area contributed by atoms with E-state index in [0.29, 0.717) is 5.41 Å². The van der Waals surface area contributed by atoms with Gasteiger partial charge in [0.25, 0.3) is 0 Å². The van der Waals surface area contributed by atoms with Crippen LogP contribution >= 0.6 is 0 Å². The Morgan fingerprint density at radius 3 is 2.42 bits per heavy atom. The number of carbonyl (C=O) groups is 1. The first-order valence-electron chi connectivity index (χ1n) is 14.0. The molecule has 1 N–H and O–H groups in total. The van der Waals surface area contributed by atoms with E-state index < -0.39 is 5.97 Å². The van der Waals surface area contributed by atoms with E-state index in [1.165, 1.54) is 22.3 Å². The van der Waals surface area contributed by atoms with Crippen LogP contribution in [-0.2, 0) is 30.7 Å². The molecule has 0 unspecified atom stereocenters. The van der Waals surface area contributed by atoms with Crippen LogP contribution in [-0.4, -0.2) is 40.6 Å². The number of pyridine rings is 1. The fourth-order valence-corrected chi connectivity index (χ4v) is 6.19. The number of fused-ring (bicyclic) bond motifs is 1. The van der Waals surface area contributed by atoms with E-state index in [-0.39, 0.29) is 6.42 Å². The van der Waals surface area contributed by atoms with Gasteiger partial charge in [-0.05, 0) is 73.3 Å². The Hall–Kier alpha value is -3.18. The lowest BCUT2D eigenvalue weighted by atomic mass is 9.82. The molecule has 2 aromatic carbocycles. The largest absolute Gasteiger partial charge is 0.481 e. The van der Waals surface area contributed by atoms with Crippen LogP contribution in [0.1, 0.15) is 65.9 Å². The van der Waals surface area contributed by atoms with Gasteiger partial charge in [-0.2, -0.15) is 0 Å². The van der Waals surface area contributed by atoms with Crippen molar-refractivity contribution in [3.63, 3.8) is 0 Å². The molecule has 3 aromatic rings. The number of piperidine rings is 1. The minimum atomic E-state index is -0.803. The molecule has 0 bridgehead atoms. The van der Waals surface area contributed by atoms with Crippen molar-refractivity contribution in [1.82, 2.24) is 9.88 Å². The number of aryl methyl sites for hydroxylation is 3. The molecule has 2 aliphatic heterocycles. The molecule has 1 fully saturated rings. The van der Waals surface area contributed by atoms with Crippen LogP contribution in [0.4, 0.5) is 5.69 Å². The topological polar surface area (TPSA) is 56.7 Å². The third-order valence-electron chi connectivity index (χ3n) is 8.66. The monoisotopic (exact) mass is 511 g/mol. The highest BCUT2D eigenvalue weighted by Gasteiger charge is 2.30. The summed E-state index contributed by atoms with van der Waals surface area (Å²) in [6.07, 6.45) is 3.21. The number of aliphatic carboxylic acids is 1. The smallest absolute Gasteiger partial charge is 0.307 e. The van der Waals surface area contributed by atoms with Gasteiger partial charge in [0.2, 0.25) is 0 Å². The minimum Gasteiger partial charge on any atom is -0.481 e. The van der Waals surface area contributed by atoms with Gasteiger partial charge in [-0.1, -0.05) is 56.3 Å². The zero-order valence-corrected chi connectivity index (χ0v) is 23.6. The van der Waals surface area contributed by atoms with E-state index in [1.807, 2.05) is 6.92 Å². The van der Waals surface area contributed by atoms with Gasteiger partial charge < -0.3 is 10.0 Å². The summed E-state index contributed by atoms with van der Waals surface area (Å²) in [5, 5.41) is 9.78. The van der Waals surface area contributed by atoms with E-state index in [2.05, 4.69) is 80.0 Å². The molecular formula is C33H41N3O2. The van der Waals surface area contributed by atoms with Crippen LogP contribution in [0.25, 0.3) is 11.1 Å². The van der Waals surface area contributed by atoms with Crippen LogP contribution in [0, 0.1) is 26.2 Å². The van der Waals surface area contributed by atoms with Gasteiger partial charge in [-0.15, -0.1) is 0 Å². The van der Waals surface area contributed by atoms with Gasteiger partial charge in [0.1, 0.15) is 0 Å². The predicted octanol–water partition coefficient (Wildman–Crippen LogP) is 6.49. The average molecular weight is 512 g/mol. The van der Waals surface area contributed by atoms with Crippen LogP contribution in [0.5, 0.6) is 0 Å². The van der Waals surface area contributed by atoms with Gasteiger partial charge >= 0.3 is 5.97 Å². The summed E-state index contributed by atoms with van der Waals surface area (Å²) in [6.45, 7) is 15.7. The van der Waals surface area contributed by atoms with Crippen molar-refractivity contribution in [3.05, 3.63) is 81.7 Å². The summed E-state index contributed by atoms with van der Waals surface area (Å²) < 4.78 is 0. The number of rotatable bonds is 6. The molecule has 0 radical (unpaired) electrons. The number of benzene rings is 2. The van der Waals surface area contributed by atoms with Gasteiger partial charge in [0.05, 0.1) is 12.1 Å². The fourth-order valence-electron chi connectivity index (χ4n) is 6.19. The summed E-state index contributed by atoms with van der Waals surface area (Å²) in [7, 11) is 0. The summed E-state index contributed by atoms with van der Waals surface area (Å²) in [6, 6.07) is 15.5. The molecule has 0 saturated carbocycles. The normalized spacial score (nSPS) is 17.3. The first kappa shape index (κ1) is 26.4. The number of hydrogen-bond acceptors (Lipinski definition) is 4. The van der Waals surface area contributed by atoms with E-state index in [1.54, 1.807) is 0 Å². The number of nitrogens with zero attached hydrogens (tertiary/aromatic N) is 3. The molecule has 0 aliphatic carbocycles. The van der Waals surface area contributed by atoms with Crippen LogP contribution < -0.4 is 4.90 Å². The average Bonchev–Trinajstić information content (AvgIpc) is 2.86. The van der Waals surface area contributed by atoms with Crippen molar-refractivity contribution in [2.75, 3.05) is 24.5 Å². The van der Waals surface area contributed by atoms with Crippen molar-refractivity contribution in [1.29, 1.82) is 0 Å². The number of aromatic nitrogens is 1. The molecule has 5 nitrogen and oxygen atoms in total. The van der Waals surface area contributed by atoms with Crippen molar-refractivity contribution in [2.24, 2.45) is 5.41 Å². The number of hydrogen-bond donors (Lipinski definition) is 1. The Kier molecular flexibility index (Phi) is 7.32. The Morgan fingerprint density at radius 2 is 1.71 bits per heavy atom. The van der Waals surface area contributed by atoms with Crippen LogP contribution in [0.2, 0.25) is 0 Å². The zero-order valence-electron chi connectivity index (χ0n) is 23.6. The maximum absolute atomic E-state index is 11.9. The molecule has 0 amide bonds. The maximum atomic E-state index is 11.9. The molecule has 38 heavy (non-hydrogen) atoms. The Morgan fingerprint density at radius 1 is 0.974 bits per heavy atom. The van der Waals surface area contributed by atoms with Crippen LogP contribution in [0.3, 0.4) is 0 Å². The lowest BCUT2D eigenvalue weighted by Gasteiger charge is -2.40. The number of carboxylic acid groups (broad SMARTS) is 1. The van der Waals surface area contributed by atoms with Crippen molar-refractivity contribution < 1.29 is 9.90 Å². The zero-order chi connectivity index (χ0) is 27.0. The standard InChI is InChI=1S/C33H41N3O2/c1-22-8-6-7-9-27(22)20-35-15-12-25-18-26(10-11-28(25)21-35)31-24(3)34-23(2)29(19-30(37)38)32(31)36-16-13-33(4,5)14-17-36/h6-11,18H,12-17,19-21H2,1-5H3,(H,37,38). The van der Waals surface area contributed by atoms with E-state index in [4.69, 9.17) is 4.98 Å². The molecule has 200 valence electrons. The SMILES string of the molecule is Cc1ccccc1CN1CCc2cc(-c3c(C)nc(C)c(CC(=O)O)c3N3CCC(C)(C)CC3)ccc2C1. The maximum Gasteiger partial charge on any atom is 0.307 e. The number of anilines is 1. The summed E-state index contributed by atoms with van der Waals surface area (Å²) in [5.41, 5.74) is 11.9. The second kappa shape index (κ2) is 10.5. The first-order chi connectivity index (χ1) is 18.1. The molecule has 5 heteroatoms. The van der Waals surface area contributed by atoms with E-state index in [9.17, 15) is 9.90 Å². The Labute approximate surface area is 227 Å². The summed E-state index contributed by atoms with van der Waals surface area (Å²) >= 11 is 0.